The summed E-state index contributed by atoms with van der Waals surface area (Å²) in [6.45, 7) is 7.92. The van der Waals surface area contributed by atoms with Crippen molar-refractivity contribution in [2.45, 2.75) is 39.0 Å². The molecule has 0 aromatic rings. The Bertz CT molecular complexity index is 300. The molecule has 0 amide bonds. The second kappa shape index (κ2) is 4.92. The molecule has 0 aliphatic heterocycles. The maximum absolute atomic E-state index is 11.3. The average Bonchev–Trinajstić information content (AvgIpc) is 2.11. The topological polar surface area (TPSA) is 83.8 Å². The van der Waals surface area contributed by atoms with Gasteiger partial charge in [0.05, 0.1) is 0 Å². The Morgan fingerprint density at radius 3 is 2.00 bits per heavy atom. The molecule has 88 valence electrons. The van der Waals surface area contributed by atoms with Crippen LogP contribution in [0.15, 0.2) is 12.2 Å². The van der Waals surface area contributed by atoms with Gasteiger partial charge in [0.25, 0.3) is 0 Å². The largest absolute Gasteiger partial charge is 0.443 e. The molecule has 0 aromatic heterocycles. The number of carbonyl (C=O) groups is 1. The summed E-state index contributed by atoms with van der Waals surface area (Å²) in [6, 6.07) is 0. The summed E-state index contributed by atoms with van der Waals surface area (Å²) in [5.41, 5.74) is 0.120. The van der Waals surface area contributed by atoms with Crippen molar-refractivity contribution >= 4 is 13.6 Å². The first kappa shape index (κ1) is 14.4. The molecule has 0 fully saturated rings. The molecule has 0 unspecified atom stereocenters. The van der Waals surface area contributed by atoms with Crippen LogP contribution in [0.1, 0.15) is 33.6 Å². The maximum atomic E-state index is 11.3. The van der Waals surface area contributed by atoms with Crippen molar-refractivity contribution in [3.63, 3.8) is 0 Å². The molecule has 0 heterocycles. The van der Waals surface area contributed by atoms with E-state index in [0.29, 0.717) is 0 Å². The van der Waals surface area contributed by atoms with E-state index >= 15 is 0 Å². The molecule has 0 atom stereocenters. The second-order valence-corrected chi connectivity index (χ2v) is 5.27. The molecule has 0 saturated heterocycles. The zero-order chi connectivity index (χ0) is 12.3. The molecule has 5 nitrogen and oxygen atoms in total. The fourth-order valence-electron chi connectivity index (χ4n) is 1.13. The lowest BCUT2D eigenvalue weighted by Gasteiger charge is -2.31. The fraction of sp³-hybridized carbons (Fsp3) is 0.667. The summed E-state index contributed by atoms with van der Waals surface area (Å²) in [6.07, 6.45) is 0.125. The molecule has 2 N–H and O–H groups in total. The molecule has 0 aliphatic carbocycles. The molecule has 0 radical (unpaired) electrons. The summed E-state index contributed by atoms with van der Waals surface area (Å²) >= 11 is 0. The van der Waals surface area contributed by atoms with Crippen molar-refractivity contribution in [1.29, 1.82) is 0 Å². The summed E-state index contributed by atoms with van der Waals surface area (Å²) < 4.78 is 16.1. The maximum Gasteiger partial charge on any atom is 0.368 e. The Balaban J connectivity index is 5.06. The van der Waals surface area contributed by atoms with Gasteiger partial charge in [-0.3, -0.25) is 4.57 Å². The van der Waals surface area contributed by atoms with E-state index in [1.54, 1.807) is 13.8 Å². The highest BCUT2D eigenvalue weighted by Gasteiger charge is 2.47. The van der Waals surface area contributed by atoms with E-state index in [4.69, 9.17) is 14.5 Å². The van der Waals surface area contributed by atoms with Crippen LogP contribution in [0.4, 0.5) is 0 Å². The second-order valence-electron chi connectivity index (χ2n) is 3.37. The Morgan fingerprint density at radius 2 is 1.80 bits per heavy atom. The van der Waals surface area contributed by atoms with E-state index in [1.165, 1.54) is 6.92 Å². The van der Waals surface area contributed by atoms with Gasteiger partial charge in [0.15, 0.2) is 0 Å². The SMILES string of the molecule is C=C(C)C(=O)OC(CC)(CC)P(=O)(O)O. The number of hydrogen-bond donors (Lipinski definition) is 2. The summed E-state index contributed by atoms with van der Waals surface area (Å²) in [7, 11) is -4.48. The first-order chi connectivity index (χ1) is 6.70. The third kappa shape index (κ3) is 3.16. The van der Waals surface area contributed by atoms with Crippen molar-refractivity contribution in [1.82, 2.24) is 0 Å². The molecule has 0 spiro atoms. The number of carbonyl (C=O) groups excluding carboxylic acids is 1. The van der Waals surface area contributed by atoms with Crippen molar-refractivity contribution in [2.24, 2.45) is 0 Å². The van der Waals surface area contributed by atoms with E-state index in [1.807, 2.05) is 0 Å². The highest BCUT2D eigenvalue weighted by Crippen LogP contribution is 2.55. The minimum atomic E-state index is -4.48. The van der Waals surface area contributed by atoms with Crippen molar-refractivity contribution in [2.75, 3.05) is 0 Å². The van der Waals surface area contributed by atoms with Gasteiger partial charge in [-0.15, -0.1) is 0 Å². The first-order valence-electron chi connectivity index (χ1n) is 4.64. The number of rotatable bonds is 5. The van der Waals surface area contributed by atoms with Crippen LogP contribution >= 0.6 is 7.60 Å². The van der Waals surface area contributed by atoms with Gasteiger partial charge in [0.1, 0.15) is 0 Å². The van der Waals surface area contributed by atoms with Gasteiger partial charge in [0.2, 0.25) is 5.34 Å². The lowest BCUT2D eigenvalue weighted by molar-refractivity contribution is -0.149. The van der Waals surface area contributed by atoms with Gasteiger partial charge in [-0.25, -0.2) is 4.79 Å². The zero-order valence-corrected chi connectivity index (χ0v) is 10.1. The van der Waals surface area contributed by atoms with E-state index < -0.39 is 18.9 Å². The normalized spacial score (nSPS) is 12.3. The van der Waals surface area contributed by atoms with Crippen LogP contribution in [0.25, 0.3) is 0 Å². The molecule has 0 aromatic carbocycles. The van der Waals surface area contributed by atoms with E-state index in [2.05, 4.69) is 6.58 Å². The van der Waals surface area contributed by atoms with Crippen LogP contribution in [-0.2, 0) is 14.1 Å². The van der Waals surface area contributed by atoms with Crippen LogP contribution in [0.5, 0.6) is 0 Å². The van der Waals surface area contributed by atoms with Crippen LogP contribution in [0, 0.1) is 0 Å². The van der Waals surface area contributed by atoms with Crippen molar-refractivity contribution in [3.8, 4) is 0 Å². The standard InChI is InChI=1S/C9H17O5P/c1-5-9(6-2,15(11,12)13)14-8(10)7(3)4/h3,5-6H2,1-2,4H3,(H2,11,12,13). The fourth-order valence-corrected chi connectivity index (χ4v) is 2.15. The average molecular weight is 236 g/mol. The Morgan fingerprint density at radius 1 is 1.40 bits per heavy atom. The van der Waals surface area contributed by atoms with Crippen LogP contribution < -0.4 is 0 Å². The molecule has 0 bridgehead atoms. The molecular formula is C9H17O5P. The molecule has 0 saturated carbocycles. The Kier molecular flexibility index (Phi) is 4.71. The lowest BCUT2D eigenvalue weighted by Crippen LogP contribution is -2.34. The predicted molar refractivity (Wildman–Crippen MR) is 56.3 cm³/mol. The third-order valence-electron chi connectivity index (χ3n) is 2.27. The minimum absolute atomic E-state index is 0.0623. The zero-order valence-electron chi connectivity index (χ0n) is 9.19. The van der Waals surface area contributed by atoms with E-state index in [0.717, 1.165) is 0 Å². The van der Waals surface area contributed by atoms with Gasteiger partial charge in [0, 0.05) is 5.57 Å². The number of ether oxygens (including phenoxy) is 1. The van der Waals surface area contributed by atoms with Crippen molar-refractivity contribution in [3.05, 3.63) is 12.2 Å². The van der Waals surface area contributed by atoms with Gasteiger partial charge in [-0.05, 0) is 19.8 Å². The molecule has 0 aliphatic rings. The van der Waals surface area contributed by atoms with E-state index in [-0.39, 0.29) is 18.4 Å². The highest BCUT2D eigenvalue weighted by molar-refractivity contribution is 7.53. The summed E-state index contributed by atoms with van der Waals surface area (Å²) in [5, 5.41) is -1.72. The quantitative estimate of drug-likeness (QED) is 0.432. The summed E-state index contributed by atoms with van der Waals surface area (Å²) in [4.78, 5) is 29.6. The molecular weight excluding hydrogens is 219 g/mol. The smallest absolute Gasteiger partial charge is 0.368 e. The highest BCUT2D eigenvalue weighted by atomic mass is 31.2. The first-order valence-corrected chi connectivity index (χ1v) is 6.26. The van der Waals surface area contributed by atoms with Crippen LogP contribution in [-0.4, -0.2) is 21.1 Å². The lowest BCUT2D eigenvalue weighted by atomic mass is 10.2. The Labute approximate surface area is 89.3 Å². The van der Waals surface area contributed by atoms with Gasteiger partial charge in [-0.1, -0.05) is 20.4 Å². The van der Waals surface area contributed by atoms with Crippen molar-refractivity contribution < 1.29 is 23.9 Å². The van der Waals surface area contributed by atoms with Gasteiger partial charge >= 0.3 is 13.6 Å². The summed E-state index contributed by atoms with van der Waals surface area (Å²) in [5.74, 6) is -0.776. The number of hydrogen-bond acceptors (Lipinski definition) is 3. The Hall–Kier alpha value is -0.640. The van der Waals surface area contributed by atoms with E-state index in [9.17, 15) is 9.36 Å². The molecule has 6 heteroatoms. The molecule has 15 heavy (non-hydrogen) atoms. The van der Waals surface area contributed by atoms with Crippen LogP contribution in [0.2, 0.25) is 0 Å². The van der Waals surface area contributed by atoms with Gasteiger partial charge < -0.3 is 14.5 Å². The predicted octanol–water partition coefficient (Wildman–Crippen LogP) is 1.80. The molecule has 0 rings (SSSR count). The minimum Gasteiger partial charge on any atom is -0.443 e. The third-order valence-corrected chi connectivity index (χ3v) is 4.05. The van der Waals surface area contributed by atoms with Gasteiger partial charge in [-0.2, -0.15) is 0 Å². The monoisotopic (exact) mass is 236 g/mol. The number of esters is 1. The van der Waals surface area contributed by atoms with Crippen LogP contribution in [0.3, 0.4) is 0 Å².